The number of aromatic nitrogens is 2. The summed E-state index contributed by atoms with van der Waals surface area (Å²) in [5.74, 6) is 0.749. The number of nitrogens with zero attached hydrogens (tertiary/aromatic N) is 2. The lowest BCUT2D eigenvalue weighted by Crippen LogP contribution is -2.14. The predicted molar refractivity (Wildman–Crippen MR) is 59.2 cm³/mol. The summed E-state index contributed by atoms with van der Waals surface area (Å²) in [6, 6.07) is 11.6. The van der Waals surface area contributed by atoms with Crippen molar-refractivity contribution in [2.75, 3.05) is 0 Å². The van der Waals surface area contributed by atoms with Crippen LogP contribution in [0.2, 0.25) is 0 Å². The molecule has 0 saturated heterocycles. The third kappa shape index (κ3) is 2.19. The van der Waals surface area contributed by atoms with Gasteiger partial charge in [0.1, 0.15) is 5.82 Å². The van der Waals surface area contributed by atoms with Gasteiger partial charge in [0.15, 0.2) is 0 Å². The monoisotopic (exact) mass is 199 g/mol. The highest BCUT2D eigenvalue weighted by Crippen LogP contribution is 2.16. The van der Waals surface area contributed by atoms with Crippen LogP contribution in [-0.4, -0.2) is 9.97 Å². The van der Waals surface area contributed by atoms with Crippen molar-refractivity contribution in [2.45, 2.75) is 13.0 Å². The molecule has 0 aliphatic carbocycles. The molecule has 0 radical (unpaired) electrons. The summed E-state index contributed by atoms with van der Waals surface area (Å²) in [6.07, 6.45) is 1.74. The molecular formula is C12H13N3. The Hall–Kier alpha value is -1.74. The van der Waals surface area contributed by atoms with Crippen LogP contribution in [0.3, 0.4) is 0 Å². The molecule has 2 aromatic rings. The van der Waals surface area contributed by atoms with E-state index < -0.39 is 0 Å². The maximum Gasteiger partial charge on any atom is 0.125 e. The Labute approximate surface area is 89.0 Å². The van der Waals surface area contributed by atoms with Gasteiger partial charge in [-0.05, 0) is 18.6 Å². The minimum atomic E-state index is -0.173. The predicted octanol–water partition coefficient (Wildman–Crippen LogP) is 1.83. The molecule has 1 aromatic carbocycles. The standard InChI is InChI=1S/C12H13N3/c1-9-14-8-7-11(15-9)12(13)10-5-3-2-4-6-10/h2-8,12H,13H2,1H3. The summed E-state index contributed by atoms with van der Waals surface area (Å²) < 4.78 is 0. The van der Waals surface area contributed by atoms with E-state index in [-0.39, 0.29) is 6.04 Å². The van der Waals surface area contributed by atoms with E-state index in [1.807, 2.05) is 43.3 Å². The summed E-state index contributed by atoms with van der Waals surface area (Å²) in [5, 5.41) is 0. The van der Waals surface area contributed by atoms with Crippen LogP contribution in [0.5, 0.6) is 0 Å². The van der Waals surface area contributed by atoms with Crippen molar-refractivity contribution in [1.29, 1.82) is 0 Å². The molecular weight excluding hydrogens is 186 g/mol. The molecule has 0 fully saturated rings. The average Bonchev–Trinajstić information content (AvgIpc) is 2.29. The molecule has 15 heavy (non-hydrogen) atoms. The van der Waals surface area contributed by atoms with E-state index in [2.05, 4.69) is 9.97 Å². The van der Waals surface area contributed by atoms with Crippen molar-refractivity contribution < 1.29 is 0 Å². The number of hydrogen-bond donors (Lipinski definition) is 1. The van der Waals surface area contributed by atoms with Gasteiger partial charge < -0.3 is 5.73 Å². The summed E-state index contributed by atoms with van der Waals surface area (Å²) >= 11 is 0. The lowest BCUT2D eigenvalue weighted by molar-refractivity contribution is 0.807. The average molecular weight is 199 g/mol. The number of rotatable bonds is 2. The first-order chi connectivity index (χ1) is 7.27. The Morgan fingerprint density at radius 1 is 1.13 bits per heavy atom. The molecule has 0 saturated carbocycles. The van der Waals surface area contributed by atoms with Gasteiger partial charge in [-0.3, -0.25) is 0 Å². The van der Waals surface area contributed by atoms with Gasteiger partial charge in [-0.25, -0.2) is 9.97 Å². The first-order valence-electron chi connectivity index (χ1n) is 4.87. The second-order valence-electron chi connectivity index (χ2n) is 3.42. The van der Waals surface area contributed by atoms with E-state index in [1.54, 1.807) is 6.20 Å². The van der Waals surface area contributed by atoms with E-state index in [0.29, 0.717) is 0 Å². The number of nitrogens with two attached hydrogens (primary N) is 1. The van der Waals surface area contributed by atoms with E-state index in [9.17, 15) is 0 Å². The fourth-order valence-corrected chi connectivity index (χ4v) is 1.48. The molecule has 1 aromatic heterocycles. The molecule has 0 aliphatic rings. The first kappa shape index (κ1) is 9.80. The molecule has 1 heterocycles. The molecule has 0 amide bonds. The van der Waals surface area contributed by atoms with Crippen LogP contribution in [0.25, 0.3) is 0 Å². The molecule has 0 bridgehead atoms. The zero-order chi connectivity index (χ0) is 10.7. The lowest BCUT2D eigenvalue weighted by atomic mass is 10.0. The Bertz CT molecular complexity index is 440. The Kier molecular flexibility index (Phi) is 2.74. The van der Waals surface area contributed by atoms with Gasteiger partial charge in [0.25, 0.3) is 0 Å². The number of hydrogen-bond acceptors (Lipinski definition) is 3. The van der Waals surface area contributed by atoms with E-state index in [0.717, 1.165) is 17.1 Å². The molecule has 1 atom stereocenters. The highest BCUT2D eigenvalue weighted by molar-refractivity contribution is 5.26. The van der Waals surface area contributed by atoms with Crippen LogP contribution in [0.4, 0.5) is 0 Å². The van der Waals surface area contributed by atoms with Crippen LogP contribution in [-0.2, 0) is 0 Å². The Balaban J connectivity index is 2.32. The van der Waals surface area contributed by atoms with Crippen molar-refractivity contribution in [2.24, 2.45) is 5.73 Å². The molecule has 2 N–H and O–H groups in total. The molecule has 2 rings (SSSR count). The topological polar surface area (TPSA) is 51.8 Å². The summed E-state index contributed by atoms with van der Waals surface area (Å²) in [6.45, 7) is 1.86. The van der Waals surface area contributed by atoms with Gasteiger partial charge in [0.2, 0.25) is 0 Å². The van der Waals surface area contributed by atoms with E-state index in [4.69, 9.17) is 5.73 Å². The highest BCUT2D eigenvalue weighted by atomic mass is 14.9. The molecule has 1 unspecified atom stereocenters. The minimum absolute atomic E-state index is 0.173. The smallest absolute Gasteiger partial charge is 0.125 e. The van der Waals surface area contributed by atoms with Gasteiger partial charge in [0.05, 0.1) is 11.7 Å². The quantitative estimate of drug-likeness (QED) is 0.802. The van der Waals surface area contributed by atoms with Crippen LogP contribution >= 0.6 is 0 Å². The van der Waals surface area contributed by atoms with Gasteiger partial charge in [-0.1, -0.05) is 30.3 Å². The maximum absolute atomic E-state index is 6.09. The SMILES string of the molecule is Cc1nccc(C(N)c2ccccc2)n1. The van der Waals surface area contributed by atoms with Gasteiger partial charge >= 0.3 is 0 Å². The second-order valence-corrected chi connectivity index (χ2v) is 3.42. The molecule has 3 nitrogen and oxygen atoms in total. The number of benzene rings is 1. The van der Waals surface area contributed by atoms with Gasteiger partial charge in [-0.2, -0.15) is 0 Å². The van der Waals surface area contributed by atoms with Crippen LogP contribution in [0.15, 0.2) is 42.6 Å². The van der Waals surface area contributed by atoms with Crippen molar-refractivity contribution in [1.82, 2.24) is 9.97 Å². The maximum atomic E-state index is 6.09. The van der Waals surface area contributed by atoms with E-state index >= 15 is 0 Å². The van der Waals surface area contributed by atoms with Crippen LogP contribution in [0.1, 0.15) is 23.1 Å². The van der Waals surface area contributed by atoms with E-state index in [1.165, 1.54) is 0 Å². The largest absolute Gasteiger partial charge is 0.319 e. The van der Waals surface area contributed by atoms with Crippen LogP contribution < -0.4 is 5.73 Å². The summed E-state index contributed by atoms with van der Waals surface area (Å²) in [5.41, 5.74) is 8.02. The first-order valence-corrected chi connectivity index (χ1v) is 4.87. The molecule has 0 spiro atoms. The zero-order valence-corrected chi connectivity index (χ0v) is 8.59. The van der Waals surface area contributed by atoms with Gasteiger partial charge in [-0.15, -0.1) is 0 Å². The second kappa shape index (κ2) is 4.19. The molecule has 3 heteroatoms. The normalized spacial score (nSPS) is 12.4. The fraction of sp³-hybridized carbons (Fsp3) is 0.167. The van der Waals surface area contributed by atoms with Crippen molar-refractivity contribution in [3.8, 4) is 0 Å². The van der Waals surface area contributed by atoms with Gasteiger partial charge in [0, 0.05) is 6.20 Å². The fourth-order valence-electron chi connectivity index (χ4n) is 1.48. The lowest BCUT2D eigenvalue weighted by Gasteiger charge is -2.11. The third-order valence-corrected chi connectivity index (χ3v) is 2.27. The molecule has 76 valence electrons. The summed E-state index contributed by atoms with van der Waals surface area (Å²) in [4.78, 5) is 8.36. The highest BCUT2D eigenvalue weighted by Gasteiger charge is 2.09. The Morgan fingerprint density at radius 3 is 2.53 bits per heavy atom. The summed E-state index contributed by atoms with van der Waals surface area (Å²) in [7, 11) is 0. The van der Waals surface area contributed by atoms with Crippen molar-refractivity contribution in [3.05, 3.63) is 59.7 Å². The zero-order valence-electron chi connectivity index (χ0n) is 8.59. The third-order valence-electron chi connectivity index (χ3n) is 2.27. The number of aryl methyl sites for hydroxylation is 1. The van der Waals surface area contributed by atoms with Crippen molar-refractivity contribution >= 4 is 0 Å². The van der Waals surface area contributed by atoms with Crippen LogP contribution in [0, 0.1) is 6.92 Å². The minimum Gasteiger partial charge on any atom is -0.319 e. The van der Waals surface area contributed by atoms with Crippen molar-refractivity contribution in [3.63, 3.8) is 0 Å². The molecule has 0 aliphatic heterocycles. The Morgan fingerprint density at radius 2 is 1.87 bits per heavy atom.